The summed E-state index contributed by atoms with van der Waals surface area (Å²) in [7, 11) is 0. The highest BCUT2D eigenvalue weighted by atomic mass is 14.9. The third-order valence-corrected chi connectivity index (χ3v) is 6.98. The molecular formula is C15H22. The molecule has 0 saturated heterocycles. The van der Waals surface area contributed by atoms with E-state index in [1.54, 1.807) is 6.42 Å². The zero-order chi connectivity index (χ0) is 10.6. The second kappa shape index (κ2) is 2.08. The van der Waals surface area contributed by atoms with Crippen molar-refractivity contribution in [2.24, 2.45) is 40.4 Å². The Morgan fingerprint density at radius 1 is 1.27 bits per heavy atom. The van der Waals surface area contributed by atoms with Crippen LogP contribution in [0.5, 0.6) is 0 Å². The summed E-state index contributed by atoms with van der Waals surface area (Å²) < 4.78 is 0. The molecule has 82 valence electrons. The second-order valence-corrected chi connectivity index (χ2v) is 7.26. The van der Waals surface area contributed by atoms with Gasteiger partial charge in [0.15, 0.2) is 0 Å². The number of allylic oxidation sites excluding steroid dienone is 2. The zero-order valence-corrected chi connectivity index (χ0v) is 10.4. The maximum atomic E-state index is 2.62. The van der Waals surface area contributed by atoms with Crippen LogP contribution in [0.4, 0.5) is 0 Å². The molecule has 0 aromatic carbocycles. The summed E-state index contributed by atoms with van der Waals surface area (Å²) in [4.78, 5) is 0. The van der Waals surface area contributed by atoms with E-state index >= 15 is 0 Å². The number of rotatable bonds is 1. The lowest BCUT2D eigenvalue weighted by atomic mass is 9.65. The molecule has 0 spiro atoms. The summed E-state index contributed by atoms with van der Waals surface area (Å²) in [6.45, 7) is 9.97. The van der Waals surface area contributed by atoms with Crippen LogP contribution in [0.2, 0.25) is 0 Å². The fraction of sp³-hybridized carbons (Fsp3) is 0.867. The fourth-order valence-electron chi connectivity index (χ4n) is 6.08. The third kappa shape index (κ3) is 0.632. The normalized spacial score (nSPS) is 63.7. The third-order valence-electron chi connectivity index (χ3n) is 6.98. The first-order valence-electron chi connectivity index (χ1n) is 6.72. The van der Waals surface area contributed by atoms with Gasteiger partial charge in [0.25, 0.3) is 0 Å². The van der Waals surface area contributed by atoms with Crippen molar-refractivity contribution in [3.05, 3.63) is 11.6 Å². The van der Waals surface area contributed by atoms with E-state index in [9.17, 15) is 0 Å². The van der Waals surface area contributed by atoms with Crippen LogP contribution in [0.1, 0.15) is 40.5 Å². The minimum atomic E-state index is 0.686. The van der Waals surface area contributed by atoms with Gasteiger partial charge in [-0.3, -0.25) is 0 Å². The van der Waals surface area contributed by atoms with Gasteiger partial charge in [-0.05, 0) is 53.3 Å². The zero-order valence-electron chi connectivity index (χ0n) is 10.4. The summed E-state index contributed by atoms with van der Waals surface area (Å²) in [5.74, 6) is 5.05. The summed E-state index contributed by atoms with van der Waals surface area (Å²) >= 11 is 0. The van der Waals surface area contributed by atoms with Crippen molar-refractivity contribution in [2.45, 2.75) is 40.5 Å². The lowest BCUT2D eigenvalue weighted by Crippen LogP contribution is -2.31. The van der Waals surface area contributed by atoms with Crippen LogP contribution in [-0.4, -0.2) is 0 Å². The van der Waals surface area contributed by atoms with Crippen LogP contribution in [0, 0.1) is 40.4 Å². The average Bonchev–Trinajstić information content (AvgIpc) is 2.49. The largest absolute Gasteiger partial charge is 0.0842 e. The average molecular weight is 202 g/mol. The van der Waals surface area contributed by atoms with E-state index in [4.69, 9.17) is 0 Å². The first-order chi connectivity index (χ1) is 7.02. The van der Waals surface area contributed by atoms with Gasteiger partial charge in [-0.25, -0.2) is 0 Å². The summed E-state index contributed by atoms with van der Waals surface area (Å²) in [5.41, 5.74) is 3.26. The molecule has 4 saturated carbocycles. The Bertz CT molecular complexity index is 377. The van der Waals surface area contributed by atoms with Crippen LogP contribution < -0.4 is 0 Å². The topological polar surface area (TPSA) is 0 Å². The molecule has 5 aliphatic carbocycles. The van der Waals surface area contributed by atoms with Gasteiger partial charge in [-0.2, -0.15) is 0 Å². The summed E-state index contributed by atoms with van der Waals surface area (Å²) in [5, 5.41) is 0. The number of hydrogen-bond donors (Lipinski definition) is 0. The summed E-state index contributed by atoms with van der Waals surface area (Å²) in [6, 6.07) is 0. The van der Waals surface area contributed by atoms with Crippen molar-refractivity contribution < 1.29 is 0 Å². The lowest BCUT2D eigenvalue weighted by molar-refractivity contribution is 0.152. The van der Waals surface area contributed by atoms with E-state index in [2.05, 4.69) is 33.8 Å². The fourth-order valence-corrected chi connectivity index (χ4v) is 6.08. The van der Waals surface area contributed by atoms with Crippen molar-refractivity contribution in [1.82, 2.24) is 0 Å². The molecule has 0 aromatic heterocycles. The molecule has 5 rings (SSSR count). The quantitative estimate of drug-likeness (QED) is 0.566. The molecule has 0 heterocycles. The Hall–Kier alpha value is -0.260. The van der Waals surface area contributed by atoms with Crippen molar-refractivity contribution in [3.63, 3.8) is 0 Å². The highest BCUT2D eigenvalue weighted by molar-refractivity contribution is 5.41. The molecule has 4 fully saturated rings. The molecule has 0 aliphatic heterocycles. The van der Waals surface area contributed by atoms with Crippen LogP contribution in [-0.2, 0) is 0 Å². The standard InChI is InChI=1S/C15H22/c1-8(2)9-5-6-14(3)10-7-11-13(12(9)10)15(11,14)4/h5,8,10-13H,6-7H2,1-4H3/t10-,11?,12?,13?,14?,15+/m0/s1. The van der Waals surface area contributed by atoms with Crippen molar-refractivity contribution >= 4 is 0 Å². The Labute approximate surface area is 93.1 Å². The van der Waals surface area contributed by atoms with E-state index in [-0.39, 0.29) is 0 Å². The minimum Gasteiger partial charge on any atom is -0.0842 e. The van der Waals surface area contributed by atoms with Crippen LogP contribution in [0.25, 0.3) is 0 Å². The van der Waals surface area contributed by atoms with Gasteiger partial charge < -0.3 is 0 Å². The first-order valence-corrected chi connectivity index (χ1v) is 6.72. The van der Waals surface area contributed by atoms with Gasteiger partial charge >= 0.3 is 0 Å². The van der Waals surface area contributed by atoms with Gasteiger partial charge in [0.1, 0.15) is 0 Å². The Morgan fingerprint density at radius 2 is 2.00 bits per heavy atom. The molecule has 0 N–H and O–H groups in total. The minimum absolute atomic E-state index is 0.686. The maximum absolute atomic E-state index is 2.62. The molecule has 5 aliphatic rings. The van der Waals surface area contributed by atoms with Crippen molar-refractivity contribution in [2.75, 3.05) is 0 Å². The van der Waals surface area contributed by atoms with Gasteiger partial charge in [0, 0.05) is 0 Å². The molecular weight excluding hydrogens is 180 g/mol. The SMILES string of the molecule is CC(C)C1=CCC2(C)[C@H]3CC4C(C13)[C@@]42C. The Balaban J connectivity index is 1.87. The van der Waals surface area contributed by atoms with Crippen LogP contribution >= 0.6 is 0 Å². The molecule has 0 nitrogen and oxygen atoms in total. The molecule has 6 atom stereocenters. The second-order valence-electron chi connectivity index (χ2n) is 7.26. The Morgan fingerprint density at radius 3 is 2.60 bits per heavy atom. The molecule has 0 radical (unpaired) electrons. The van der Waals surface area contributed by atoms with E-state index in [1.807, 2.05) is 5.57 Å². The van der Waals surface area contributed by atoms with Gasteiger partial charge in [0.2, 0.25) is 0 Å². The van der Waals surface area contributed by atoms with E-state index < -0.39 is 0 Å². The lowest BCUT2D eigenvalue weighted by Gasteiger charge is -2.39. The first kappa shape index (κ1) is 8.84. The van der Waals surface area contributed by atoms with Crippen LogP contribution in [0.15, 0.2) is 11.6 Å². The van der Waals surface area contributed by atoms with E-state index in [0.717, 1.165) is 35.0 Å². The smallest absolute Gasteiger partial charge is 0.0130 e. The Kier molecular flexibility index (Phi) is 1.23. The molecule has 15 heavy (non-hydrogen) atoms. The van der Waals surface area contributed by atoms with E-state index in [0.29, 0.717) is 5.41 Å². The predicted octanol–water partition coefficient (Wildman–Crippen LogP) is 3.88. The van der Waals surface area contributed by atoms with Crippen molar-refractivity contribution in [3.8, 4) is 0 Å². The van der Waals surface area contributed by atoms with Gasteiger partial charge in [-0.15, -0.1) is 0 Å². The molecule has 4 unspecified atom stereocenters. The van der Waals surface area contributed by atoms with E-state index in [1.165, 1.54) is 6.42 Å². The predicted molar refractivity (Wildman–Crippen MR) is 62.3 cm³/mol. The maximum Gasteiger partial charge on any atom is -0.0130 e. The molecule has 6 bridgehead atoms. The monoisotopic (exact) mass is 202 g/mol. The molecule has 0 heteroatoms. The highest BCUT2D eigenvalue weighted by Gasteiger charge is 2.85. The van der Waals surface area contributed by atoms with Gasteiger partial charge in [-0.1, -0.05) is 39.3 Å². The highest BCUT2D eigenvalue weighted by Crippen LogP contribution is 2.90. The van der Waals surface area contributed by atoms with Crippen molar-refractivity contribution in [1.29, 1.82) is 0 Å². The molecule has 0 aromatic rings. The van der Waals surface area contributed by atoms with Crippen LogP contribution in [0.3, 0.4) is 0 Å². The van der Waals surface area contributed by atoms with Gasteiger partial charge in [0.05, 0.1) is 0 Å². The number of hydrogen-bond acceptors (Lipinski definition) is 0. The molecule has 0 amide bonds. The summed E-state index contributed by atoms with van der Waals surface area (Å²) in [6.07, 6.45) is 5.56.